The molecule has 0 fully saturated rings. The van der Waals surface area contributed by atoms with Gasteiger partial charge < -0.3 is 18.9 Å². The van der Waals surface area contributed by atoms with Crippen LogP contribution in [-0.4, -0.2) is 37.5 Å². The number of ether oxygens (including phenoxy) is 4. The smallest absolute Gasteiger partial charge is 0.340 e. The van der Waals surface area contributed by atoms with Crippen LogP contribution in [0.2, 0.25) is 0 Å². The van der Waals surface area contributed by atoms with Crippen molar-refractivity contribution in [3.8, 4) is 0 Å². The fourth-order valence-electron chi connectivity index (χ4n) is 3.14. The molecule has 0 aromatic heterocycles. The van der Waals surface area contributed by atoms with Crippen LogP contribution in [-0.2, 0) is 28.5 Å². The summed E-state index contributed by atoms with van der Waals surface area (Å²) in [4.78, 5) is 46.8. The van der Waals surface area contributed by atoms with Gasteiger partial charge in [-0.25, -0.2) is 14.4 Å². The molecule has 0 unspecified atom stereocenters. The van der Waals surface area contributed by atoms with E-state index < -0.39 is 24.7 Å². The lowest BCUT2D eigenvalue weighted by Gasteiger charge is -2.06. The highest BCUT2D eigenvalue weighted by Crippen LogP contribution is 2.10. The molecule has 0 radical (unpaired) electrons. The Morgan fingerprint density at radius 2 is 1.08 bits per heavy atom. The minimum atomic E-state index is -0.558. The third-order valence-electron chi connectivity index (χ3n) is 5.08. The first-order valence-electron chi connectivity index (χ1n) is 12.0. The van der Waals surface area contributed by atoms with E-state index in [0.29, 0.717) is 17.5 Å². The van der Waals surface area contributed by atoms with Crippen LogP contribution in [0.3, 0.4) is 0 Å². The second-order valence-corrected chi connectivity index (χ2v) is 7.87. The minimum Gasteiger partial charge on any atom is -0.428 e. The Kier molecular flexibility index (Phi) is 13.7. The van der Waals surface area contributed by atoms with Gasteiger partial charge in [-0.05, 0) is 43.5 Å². The molecule has 8 heteroatoms. The van der Waals surface area contributed by atoms with Crippen LogP contribution < -0.4 is 0 Å². The number of rotatable bonds is 16. The molecule has 192 valence electrons. The molecule has 2 aromatic carbocycles. The van der Waals surface area contributed by atoms with Crippen molar-refractivity contribution in [2.45, 2.75) is 51.4 Å². The Labute approximate surface area is 211 Å². The van der Waals surface area contributed by atoms with Crippen molar-refractivity contribution in [2.75, 3.05) is 13.6 Å². The van der Waals surface area contributed by atoms with Crippen LogP contribution in [0.4, 0.5) is 0 Å². The van der Waals surface area contributed by atoms with Crippen molar-refractivity contribution in [1.82, 2.24) is 0 Å². The molecular formula is C28H32O8. The van der Waals surface area contributed by atoms with Crippen molar-refractivity contribution in [2.24, 2.45) is 0 Å². The second kappa shape index (κ2) is 17.5. The largest absolute Gasteiger partial charge is 0.428 e. The Balaban J connectivity index is 1.38. The van der Waals surface area contributed by atoms with Crippen molar-refractivity contribution in [3.05, 3.63) is 83.9 Å². The van der Waals surface area contributed by atoms with E-state index in [4.69, 9.17) is 18.9 Å². The third-order valence-corrected chi connectivity index (χ3v) is 5.08. The number of carbonyl (C=O) groups excluding carboxylic acids is 4. The first-order chi connectivity index (χ1) is 17.6. The second-order valence-electron chi connectivity index (χ2n) is 7.87. The fourth-order valence-corrected chi connectivity index (χ4v) is 3.14. The molecule has 2 rings (SSSR count). The van der Waals surface area contributed by atoms with Gasteiger partial charge in [0, 0.05) is 12.5 Å². The Morgan fingerprint density at radius 1 is 0.583 bits per heavy atom. The quantitative estimate of drug-likeness (QED) is 0.132. The lowest BCUT2D eigenvalue weighted by molar-refractivity contribution is -0.152. The SMILES string of the molecule is O=C(C=CCCCCCCCCC(=O)OCOC(=O)c1ccccc1)OCOC(=O)c1ccccc1. The molecule has 0 atom stereocenters. The van der Waals surface area contributed by atoms with E-state index in [0.717, 1.165) is 38.5 Å². The molecule has 36 heavy (non-hydrogen) atoms. The van der Waals surface area contributed by atoms with E-state index in [1.807, 2.05) is 0 Å². The maximum Gasteiger partial charge on any atom is 0.340 e. The Bertz CT molecular complexity index is 970. The van der Waals surface area contributed by atoms with Gasteiger partial charge in [0.1, 0.15) is 0 Å². The van der Waals surface area contributed by atoms with Gasteiger partial charge >= 0.3 is 23.9 Å². The van der Waals surface area contributed by atoms with Gasteiger partial charge in [-0.15, -0.1) is 0 Å². The molecule has 0 bridgehead atoms. The highest BCUT2D eigenvalue weighted by molar-refractivity contribution is 5.89. The Morgan fingerprint density at radius 3 is 1.67 bits per heavy atom. The number of carbonyl (C=O) groups is 4. The zero-order chi connectivity index (χ0) is 25.8. The molecule has 0 saturated carbocycles. The Hall–Kier alpha value is -3.94. The van der Waals surface area contributed by atoms with E-state index in [1.54, 1.807) is 66.7 Å². The highest BCUT2D eigenvalue weighted by atomic mass is 16.7. The van der Waals surface area contributed by atoms with E-state index in [1.165, 1.54) is 6.08 Å². The van der Waals surface area contributed by atoms with E-state index in [9.17, 15) is 19.2 Å². The summed E-state index contributed by atoms with van der Waals surface area (Å²) in [6.45, 7) is -0.810. The summed E-state index contributed by atoms with van der Waals surface area (Å²) in [7, 11) is 0. The third kappa shape index (κ3) is 12.5. The molecule has 0 aliphatic carbocycles. The van der Waals surface area contributed by atoms with Gasteiger partial charge in [-0.2, -0.15) is 0 Å². The van der Waals surface area contributed by atoms with E-state index in [2.05, 4.69) is 0 Å². The molecule has 0 aliphatic rings. The van der Waals surface area contributed by atoms with Crippen molar-refractivity contribution in [1.29, 1.82) is 0 Å². The van der Waals surface area contributed by atoms with Gasteiger partial charge in [0.25, 0.3) is 0 Å². The van der Waals surface area contributed by atoms with Crippen molar-refractivity contribution >= 4 is 23.9 Å². The highest BCUT2D eigenvalue weighted by Gasteiger charge is 2.08. The van der Waals surface area contributed by atoms with Gasteiger partial charge in [-0.1, -0.05) is 68.2 Å². The van der Waals surface area contributed by atoms with Crippen LogP contribution in [0.1, 0.15) is 72.1 Å². The number of unbranched alkanes of at least 4 members (excludes halogenated alkanes) is 6. The summed E-state index contributed by atoms with van der Waals surface area (Å²) in [5, 5.41) is 0. The predicted molar refractivity (Wildman–Crippen MR) is 132 cm³/mol. The lowest BCUT2D eigenvalue weighted by Crippen LogP contribution is -2.12. The topological polar surface area (TPSA) is 105 Å². The van der Waals surface area contributed by atoms with Crippen molar-refractivity contribution < 1.29 is 38.1 Å². The molecule has 0 amide bonds. The maximum atomic E-state index is 11.7. The molecule has 0 N–H and O–H groups in total. The first-order valence-corrected chi connectivity index (χ1v) is 12.0. The van der Waals surface area contributed by atoms with Crippen LogP contribution >= 0.6 is 0 Å². The summed E-state index contributed by atoms with van der Waals surface area (Å²) < 4.78 is 19.6. The number of hydrogen-bond acceptors (Lipinski definition) is 8. The molecule has 8 nitrogen and oxygen atoms in total. The number of benzene rings is 2. The minimum absolute atomic E-state index is 0.286. The van der Waals surface area contributed by atoms with Crippen LogP contribution in [0, 0.1) is 0 Å². The molecule has 0 heterocycles. The fraction of sp³-hybridized carbons (Fsp3) is 0.357. The summed E-state index contributed by atoms with van der Waals surface area (Å²) in [6, 6.07) is 17.0. The predicted octanol–water partition coefficient (Wildman–Crippen LogP) is 5.38. The molecular weight excluding hydrogens is 464 g/mol. The normalized spacial score (nSPS) is 10.6. The summed E-state index contributed by atoms with van der Waals surface area (Å²) in [5.41, 5.74) is 0.802. The summed E-state index contributed by atoms with van der Waals surface area (Å²) in [5.74, 6) is -2.02. The van der Waals surface area contributed by atoms with Gasteiger partial charge in [-0.3, -0.25) is 4.79 Å². The number of hydrogen-bond donors (Lipinski definition) is 0. The van der Waals surface area contributed by atoms with Gasteiger partial charge in [0.15, 0.2) is 0 Å². The molecule has 0 aliphatic heterocycles. The zero-order valence-electron chi connectivity index (χ0n) is 20.3. The molecule has 0 saturated heterocycles. The van der Waals surface area contributed by atoms with Crippen LogP contribution in [0.15, 0.2) is 72.8 Å². The van der Waals surface area contributed by atoms with Crippen molar-refractivity contribution in [3.63, 3.8) is 0 Å². The average molecular weight is 497 g/mol. The van der Waals surface area contributed by atoms with E-state index in [-0.39, 0.29) is 19.2 Å². The molecule has 0 spiro atoms. The monoisotopic (exact) mass is 496 g/mol. The maximum absolute atomic E-state index is 11.7. The lowest BCUT2D eigenvalue weighted by atomic mass is 10.1. The zero-order valence-corrected chi connectivity index (χ0v) is 20.3. The van der Waals surface area contributed by atoms with Crippen LogP contribution in [0.5, 0.6) is 0 Å². The summed E-state index contributed by atoms with van der Waals surface area (Å²) >= 11 is 0. The molecule has 2 aromatic rings. The van der Waals surface area contributed by atoms with Gasteiger partial charge in [0.2, 0.25) is 13.6 Å². The standard InChI is InChI=1S/C28H32O8/c29-25(33-21-35-27(31)23-15-9-7-10-16-23)19-13-5-3-1-2-4-6-14-20-26(30)34-22-36-28(32)24-17-11-8-12-18-24/h7-13,15-19H,1-6,14,20-22H2. The van der Waals surface area contributed by atoms with E-state index >= 15 is 0 Å². The van der Waals surface area contributed by atoms with Gasteiger partial charge in [0.05, 0.1) is 11.1 Å². The average Bonchev–Trinajstić information content (AvgIpc) is 2.90. The number of allylic oxidation sites excluding steroid dienone is 1. The first kappa shape index (κ1) is 28.3. The summed E-state index contributed by atoms with van der Waals surface area (Å²) in [6.07, 6.45) is 9.68. The number of esters is 4. The van der Waals surface area contributed by atoms with Crippen LogP contribution in [0.25, 0.3) is 0 Å².